The standard InChI is InChI=1S/C20H28N2O3/c1-14(15-6-3-2-4-7-15)24-11-5-10-21-20(23)22-12-16-17(13-22)19-9-8-18(16)25-19/h2-4,6-7,14,16-19H,5,8-13H2,1H3,(H,21,23). The second-order valence-corrected chi connectivity index (χ2v) is 7.53. The zero-order valence-electron chi connectivity index (χ0n) is 14.9. The van der Waals surface area contributed by atoms with Gasteiger partial charge in [-0.15, -0.1) is 0 Å². The van der Waals surface area contributed by atoms with E-state index in [2.05, 4.69) is 24.4 Å². The van der Waals surface area contributed by atoms with Crippen LogP contribution in [0.4, 0.5) is 4.79 Å². The van der Waals surface area contributed by atoms with Gasteiger partial charge in [0.15, 0.2) is 0 Å². The minimum Gasteiger partial charge on any atom is -0.374 e. The molecule has 3 aliphatic heterocycles. The zero-order chi connectivity index (χ0) is 17.2. The van der Waals surface area contributed by atoms with Crippen molar-refractivity contribution in [1.29, 1.82) is 0 Å². The molecule has 0 radical (unpaired) electrons. The lowest BCUT2D eigenvalue weighted by atomic mass is 9.82. The van der Waals surface area contributed by atoms with Crippen molar-refractivity contribution in [1.82, 2.24) is 10.2 Å². The van der Waals surface area contributed by atoms with E-state index in [1.54, 1.807) is 0 Å². The van der Waals surface area contributed by atoms with Gasteiger partial charge >= 0.3 is 6.03 Å². The smallest absolute Gasteiger partial charge is 0.317 e. The first-order valence-electron chi connectivity index (χ1n) is 9.57. The predicted molar refractivity (Wildman–Crippen MR) is 95.3 cm³/mol. The van der Waals surface area contributed by atoms with Crippen molar-refractivity contribution in [3.63, 3.8) is 0 Å². The van der Waals surface area contributed by atoms with Crippen LogP contribution < -0.4 is 5.32 Å². The fourth-order valence-electron chi connectivity index (χ4n) is 4.59. The topological polar surface area (TPSA) is 50.8 Å². The fourth-order valence-corrected chi connectivity index (χ4v) is 4.59. The first-order chi connectivity index (χ1) is 12.2. The van der Waals surface area contributed by atoms with Gasteiger partial charge in [-0.3, -0.25) is 0 Å². The van der Waals surface area contributed by atoms with Crippen LogP contribution in [0.3, 0.4) is 0 Å². The first kappa shape index (κ1) is 16.9. The van der Waals surface area contributed by atoms with Gasteiger partial charge in [-0.05, 0) is 31.7 Å². The summed E-state index contributed by atoms with van der Waals surface area (Å²) in [4.78, 5) is 14.3. The van der Waals surface area contributed by atoms with Crippen molar-refractivity contribution in [3.05, 3.63) is 35.9 Å². The summed E-state index contributed by atoms with van der Waals surface area (Å²) in [7, 11) is 0. The second kappa shape index (κ2) is 7.34. The number of hydrogen-bond donors (Lipinski definition) is 1. The summed E-state index contributed by atoms with van der Waals surface area (Å²) < 4.78 is 11.8. The van der Waals surface area contributed by atoms with Gasteiger partial charge in [-0.2, -0.15) is 0 Å². The van der Waals surface area contributed by atoms with E-state index < -0.39 is 0 Å². The van der Waals surface area contributed by atoms with E-state index in [1.165, 1.54) is 18.4 Å². The number of rotatable bonds is 6. The van der Waals surface area contributed by atoms with Gasteiger partial charge in [-0.1, -0.05) is 30.3 Å². The van der Waals surface area contributed by atoms with Gasteiger partial charge in [0, 0.05) is 38.1 Å². The first-order valence-corrected chi connectivity index (χ1v) is 9.57. The third-order valence-electron chi connectivity index (χ3n) is 5.97. The van der Waals surface area contributed by atoms with Gasteiger partial charge in [0.2, 0.25) is 0 Å². The van der Waals surface area contributed by atoms with E-state index in [0.29, 0.717) is 37.2 Å². The third-order valence-corrected chi connectivity index (χ3v) is 5.97. The molecule has 0 saturated carbocycles. The molecule has 5 heteroatoms. The second-order valence-electron chi connectivity index (χ2n) is 7.53. The summed E-state index contributed by atoms with van der Waals surface area (Å²) in [6, 6.07) is 10.3. The Labute approximate surface area is 149 Å². The van der Waals surface area contributed by atoms with Crippen LogP contribution in [0.15, 0.2) is 30.3 Å². The maximum atomic E-state index is 12.4. The minimum atomic E-state index is 0.0740. The predicted octanol–water partition coefficient (Wildman–Crippen LogP) is 2.97. The number of benzene rings is 1. The van der Waals surface area contributed by atoms with Crippen LogP contribution >= 0.6 is 0 Å². The summed E-state index contributed by atoms with van der Waals surface area (Å²) in [6.45, 7) is 5.10. The molecule has 0 spiro atoms. The molecule has 3 fully saturated rings. The molecule has 0 aromatic heterocycles. The molecule has 3 aliphatic rings. The summed E-state index contributed by atoms with van der Waals surface area (Å²) in [6.07, 6.45) is 4.08. The van der Waals surface area contributed by atoms with Crippen molar-refractivity contribution in [3.8, 4) is 0 Å². The van der Waals surface area contributed by atoms with E-state index in [9.17, 15) is 4.79 Å². The van der Waals surface area contributed by atoms with Gasteiger partial charge in [-0.25, -0.2) is 4.79 Å². The Morgan fingerprint density at radius 2 is 1.92 bits per heavy atom. The Bertz CT molecular complexity index is 576. The van der Waals surface area contributed by atoms with Crippen LogP contribution in [0.2, 0.25) is 0 Å². The number of urea groups is 1. The van der Waals surface area contributed by atoms with Crippen LogP contribution in [0.5, 0.6) is 0 Å². The molecule has 25 heavy (non-hydrogen) atoms. The lowest BCUT2D eigenvalue weighted by molar-refractivity contribution is 0.0638. The zero-order valence-corrected chi connectivity index (χ0v) is 14.9. The van der Waals surface area contributed by atoms with Gasteiger partial charge in [0.05, 0.1) is 18.3 Å². The Hall–Kier alpha value is -1.59. The Balaban J connectivity index is 1.13. The number of fused-ring (bicyclic) bond motifs is 5. The molecule has 5 nitrogen and oxygen atoms in total. The summed E-state index contributed by atoms with van der Waals surface area (Å²) in [5.74, 6) is 1.14. The van der Waals surface area contributed by atoms with E-state index >= 15 is 0 Å². The quantitative estimate of drug-likeness (QED) is 0.807. The van der Waals surface area contributed by atoms with Gasteiger partial charge < -0.3 is 19.7 Å². The number of hydrogen-bond acceptors (Lipinski definition) is 3. The number of amides is 2. The van der Waals surface area contributed by atoms with E-state index in [-0.39, 0.29) is 12.1 Å². The maximum Gasteiger partial charge on any atom is 0.317 e. The number of carbonyl (C=O) groups excluding carboxylic acids is 1. The lowest BCUT2D eigenvalue weighted by Crippen LogP contribution is -2.40. The molecule has 136 valence electrons. The van der Waals surface area contributed by atoms with Crippen LogP contribution in [-0.2, 0) is 9.47 Å². The number of nitrogens with one attached hydrogen (secondary N) is 1. The highest BCUT2D eigenvalue weighted by atomic mass is 16.5. The molecule has 5 atom stereocenters. The van der Waals surface area contributed by atoms with E-state index in [0.717, 1.165) is 19.5 Å². The number of ether oxygens (including phenoxy) is 2. The summed E-state index contributed by atoms with van der Waals surface area (Å²) in [5, 5.41) is 3.04. The highest BCUT2D eigenvalue weighted by Crippen LogP contribution is 2.47. The molecule has 1 aromatic rings. The summed E-state index contributed by atoms with van der Waals surface area (Å²) >= 11 is 0. The average molecular weight is 344 g/mol. The van der Waals surface area contributed by atoms with Gasteiger partial charge in [0.1, 0.15) is 0 Å². The highest BCUT2D eigenvalue weighted by Gasteiger charge is 2.53. The number of carbonyl (C=O) groups is 1. The van der Waals surface area contributed by atoms with Crippen molar-refractivity contribution >= 4 is 6.03 Å². The number of likely N-dealkylation sites (tertiary alicyclic amines) is 1. The van der Waals surface area contributed by atoms with E-state index in [1.807, 2.05) is 23.1 Å². The number of nitrogens with zero attached hydrogens (tertiary/aromatic N) is 1. The molecule has 0 aliphatic carbocycles. The molecule has 2 bridgehead atoms. The minimum absolute atomic E-state index is 0.0740. The van der Waals surface area contributed by atoms with Crippen molar-refractivity contribution in [2.24, 2.45) is 11.8 Å². The van der Waals surface area contributed by atoms with Crippen molar-refractivity contribution < 1.29 is 14.3 Å². The molecule has 4 rings (SSSR count). The molecular formula is C20H28N2O3. The molecule has 1 N–H and O–H groups in total. The van der Waals surface area contributed by atoms with Crippen LogP contribution in [0.25, 0.3) is 0 Å². The lowest BCUT2D eigenvalue weighted by Gasteiger charge is -2.19. The Morgan fingerprint density at radius 1 is 1.24 bits per heavy atom. The van der Waals surface area contributed by atoms with Crippen LogP contribution in [0, 0.1) is 11.8 Å². The largest absolute Gasteiger partial charge is 0.374 e. The van der Waals surface area contributed by atoms with Crippen LogP contribution in [-0.4, -0.2) is 49.4 Å². The molecule has 5 unspecified atom stereocenters. The summed E-state index contributed by atoms with van der Waals surface area (Å²) in [5.41, 5.74) is 1.19. The van der Waals surface area contributed by atoms with E-state index in [4.69, 9.17) is 9.47 Å². The Morgan fingerprint density at radius 3 is 2.60 bits per heavy atom. The maximum absolute atomic E-state index is 12.4. The third kappa shape index (κ3) is 3.53. The monoisotopic (exact) mass is 344 g/mol. The fraction of sp³-hybridized carbons (Fsp3) is 0.650. The molecular weight excluding hydrogens is 316 g/mol. The average Bonchev–Trinajstić information content (AvgIpc) is 3.34. The molecule has 1 aromatic carbocycles. The Kier molecular flexibility index (Phi) is 4.95. The molecule has 2 amide bonds. The normalized spacial score (nSPS) is 31.2. The van der Waals surface area contributed by atoms with Crippen molar-refractivity contribution in [2.45, 2.75) is 44.5 Å². The van der Waals surface area contributed by atoms with Crippen LogP contribution in [0.1, 0.15) is 37.9 Å². The highest BCUT2D eigenvalue weighted by molar-refractivity contribution is 5.74. The van der Waals surface area contributed by atoms with Crippen molar-refractivity contribution in [2.75, 3.05) is 26.2 Å². The van der Waals surface area contributed by atoms with Gasteiger partial charge in [0.25, 0.3) is 0 Å². The SMILES string of the molecule is CC(OCCCNC(=O)N1CC2C3CCC(O3)C2C1)c1ccccc1. The molecule has 3 saturated heterocycles. The molecule has 3 heterocycles.